The molecular weight excluding hydrogens is 164 g/mol. The summed E-state index contributed by atoms with van der Waals surface area (Å²) in [4.78, 5) is 10.5. The van der Waals surface area contributed by atoms with Crippen molar-refractivity contribution in [1.29, 1.82) is 0 Å². The Morgan fingerprint density at radius 2 is 1.92 bits per heavy atom. The van der Waals surface area contributed by atoms with Gasteiger partial charge >= 0.3 is 0 Å². The second kappa shape index (κ2) is 5.19. The lowest BCUT2D eigenvalue weighted by Crippen LogP contribution is -2.26. The minimum Gasteiger partial charge on any atom is -0.383 e. The minimum atomic E-state index is 0.00913. The van der Waals surface area contributed by atoms with Crippen LogP contribution in [0.15, 0.2) is 30.3 Å². The van der Waals surface area contributed by atoms with Gasteiger partial charge in [0.05, 0.1) is 0 Å². The van der Waals surface area contributed by atoms with Gasteiger partial charge < -0.3 is 10.6 Å². The lowest BCUT2D eigenvalue weighted by molar-refractivity contribution is -0.118. The van der Waals surface area contributed by atoms with Crippen molar-refractivity contribution in [3.8, 4) is 0 Å². The van der Waals surface area contributed by atoms with E-state index in [1.807, 2.05) is 30.3 Å². The van der Waals surface area contributed by atoms with Gasteiger partial charge in [0.1, 0.15) is 0 Å². The average Bonchev–Trinajstić information content (AvgIpc) is 2.14. The molecule has 3 nitrogen and oxygen atoms in total. The Morgan fingerprint density at radius 3 is 2.54 bits per heavy atom. The van der Waals surface area contributed by atoms with Gasteiger partial charge in [0.25, 0.3) is 0 Å². The Kier molecular flexibility index (Phi) is 3.82. The lowest BCUT2D eigenvalue weighted by Gasteiger charge is -2.05. The van der Waals surface area contributed by atoms with Crippen LogP contribution in [0.5, 0.6) is 0 Å². The van der Waals surface area contributed by atoms with E-state index in [1.54, 1.807) is 0 Å². The fraction of sp³-hybridized carbons (Fsp3) is 0.300. The second-order valence-electron chi connectivity index (χ2n) is 2.78. The summed E-state index contributed by atoms with van der Waals surface area (Å²) < 4.78 is 0. The predicted octanol–water partition coefficient (Wildman–Crippen LogP) is 1.23. The third-order valence-electron chi connectivity index (χ3n) is 1.60. The Balaban J connectivity index is 2.17. The molecule has 1 amide bonds. The molecule has 0 saturated heterocycles. The molecule has 1 aromatic rings. The molecule has 0 spiro atoms. The van der Waals surface area contributed by atoms with Crippen molar-refractivity contribution < 1.29 is 4.79 Å². The highest BCUT2D eigenvalue weighted by Gasteiger charge is 1.90. The maximum atomic E-state index is 10.5. The highest BCUT2D eigenvalue weighted by molar-refractivity contribution is 5.72. The van der Waals surface area contributed by atoms with E-state index in [1.165, 1.54) is 6.92 Å². The summed E-state index contributed by atoms with van der Waals surface area (Å²) in [5, 5.41) is 5.90. The summed E-state index contributed by atoms with van der Waals surface area (Å²) in [6, 6.07) is 9.90. The van der Waals surface area contributed by atoms with Crippen LogP contribution in [0.4, 0.5) is 5.69 Å². The summed E-state index contributed by atoms with van der Waals surface area (Å²) in [7, 11) is 0. The van der Waals surface area contributed by atoms with Crippen LogP contribution >= 0.6 is 0 Å². The van der Waals surface area contributed by atoms with Crippen LogP contribution in [0.1, 0.15) is 6.92 Å². The Bertz CT molecular complexity index is 259. The number of rotatable bonds is 4. The van der Waals surface area contributed by atoms with Crippen molar-refractivity contribution in [2.75, 3.05) is 18.4 Å². The quantitative estimate of drug-likeness (QED) is 0.681. The molecule has 70 valence electrons. The number of carbonyl (C=O) groups is 1. The van der Waals surface area contributed by atoms with Crippen LogP contribution in [0.2, 0.25) is 0 Å². The first kappa shape index (κ1) is 9.58. The van der Waals surface area contributed by atoms with E-state index in [9.17, 15) is 4.79 Å². The molecule has 0 unspecified atom stereocenters. The van der Waals surface area contributed by atoms with Gasteiger partial charge in [0, 0.05) is 25.7 Å². The monoisotopic (exact) mass is 178 g/mol. The molecule has 0 saturated carbocycles. The molecule has 0 atom stereocenters. The summed E-state index contributed by atoms with van der Waals surface area (Å²) in [5.41, 5.74) is 1.08. The molecule has 3 heteroatoms. The fourth-order valence-electron chi connectivity index (χ4n) is 1.00. The summed E-state index contributed by atoms with van der Waals surface area (Å²) in [6.45, 7) is 2.93. The number of nitrogens with one attached hydrogen (secondary N) is 2. The normalized spacial score (nSPS) is 9.31. The van der Waals surface area contributed by atoms with Crippen molar-refractivity contribution >= 4 is 11.6 Å². The van der Waals surface area contributed by atoms with E-state index in [-0.39, 0.29) is 5.91 Å². The standard InChI is InChI=1S/C10H14N2O/c1-9(13)11-7-8-12-10-5-3-2-4-6-10/h2-6,12H,7-8H2,1H3,(H,11,13). The van der Waals surface area contributed by atoms with Gasteiger partial charge in [-0.15, -0.1) is 0 Å². The predicted molar refractivity (Wildman–Crippen MR) is 53.6 cm³/mol. The van der Waals surface area contributed by atoms with E-state index in [0.717, 1.165) is 12.2 Å². The van der Waals surface area contributed by atoms with Gasteiger partial charge in [-0.05, 0) is 12.1 Å². The Morgan fingerprint density at radius 1 is 1.23 bits per heavy atom. The van der Waals surface area contributed by atoms with Gasteiger partial charge in [-0.3, -0.25) is 4.79 Å². The van der Waals surface area contributed by atoms with Crippen LogP contribution in [0, 0.1) is 0 Å². The van der Waals surface area contributed by atoms with Crippen LogP contribution in [0.25, 0.3) is 0 Å². The van der Waals surface area contributed by atoms with Crippen LogP contribution in [0.3, 0.4) is 0 Å². The zero-order chi connectivity index (χ0) is 9.52. The number of hydrogen-bond acceptors (Lipinski definition) is 2. The number of benzene rings is 1. The van der Waals surface area contributed by atoms with E-state index in [0.29, 0.717) is 6.54 Å². The first-order chi connectivity index (χ1) is 6.29. The van der Waals surface area contributed by atoms with Gasteiger partial charge in [-0.1, -0.05) is 18.2 Å². The lowest BCUT2D eigenvalue weighted by atomic mass is 10.3. The van der Waals surface area contributed by atoms with Crippen molar-refractivity contribution in [2.24, 2.45) is 0 Å². The zero-order valence-corrected chi connectivity index (χ0v) is 7.71. The molecule has 0 aromatic heterocycles. The van der Waals surface area contributed by atoms with Gasteiger partial charge in [0.2, 0.25) is 5.91 Å². The number of anilines is 1. The third-order valence-corrected chi connectivity index (χ3v) is 1.60. The maximum Gasteiger partial charge on any atom is 0.216 e. The molecule has 0 bridgehead atoms. The van der Waals surface area contributed by atoms with Crippen LogP contribution in [-0.2, 0) is 4.79 Å². The summed E-state index contributed by atoms with van der Waals surface area (Å²) >= 11 is 0. The Labute approximate surface area is 78.2 Å². The highest BCUT2D eigenvalue weighted by Crippen LogP contribution is 2.03. The van der Waals surface area contributed by atoms with Gasteiger partial charge in [0.15, 0.2) is 0 Å². The van der Waals surface area contributed by atoms with Gasteiger partial charge in [-0.25, -0.2) is 0 Å². The molecule has 0 fully saturated rings. The molecule has 0 heterocycles. The SMILES string of the molecule is CC(=O)NCCNc1ccccc1. The molecule has 0 aliphatic heterocycles. The third kappa shape index (κ3) is 4.15. The van der Waals surface area contributed by atoms with Crippen molar-refractivity contribution in [3.63, 3.8) is 0 Å². The average molecular weight is 178 g/mol. The van der Waals surface area contributed by atoms with E-state index < -0.39 is 0 Å². The summed E-state index contributed by atoms with van der Waals surface area (Å²) in [6.07, 6.45) is 0. The van der Waals surface area contributed by atoms with Crippen molar-refractivity contribution in [1.82, 2.24) is 5.32 Å². The molecule has 1 rings (SSSR count). The molecule has 0 aliphatic carbocycles. The zero-order valence-electron chi connectivity index (χ0n) is 7.71. The number of carbonyl (C=O) groups excluding carboxylic acids is 1. The fourth-order valence-corrected chi connectivity index (χ4v) is 1.00. The maximum absolute atomic E-state index is 10.5. The van der Waals surface area contributed by atoms with E-state index >= 15 is 0 Å². The van der Waals surface area contributed by atoms with E-state index in [2.05, 4.69) is 10.6 Å². The van der Waals surface area contributed by atoms with Crippen LogP contribution in [-0.4, -0.2) is 19.0 Å². The molecule has 2 N–H and O–H groups in total. The molecule has 13 heavy (non-hydrogen) atoms. The van der Waals surface area contributed by atoms with Crippen molar-refractivity contribution in [3.05, 3.63) is 30.3 Å². The smallest absolute Gasteiger partial charge is 0.216 e. The molecule has 0 radical (unpaired) electrons. The van der Waals surface area contributed by atoms with E-state index in [4.69, 9.17) is 0 Å². The largest absolute Gasteiger partial charge is 0.383 e. The Hall–Kier alpha value is -1.51. The molecule has 1 aromatic carbocycles. The van der Waals surface area contributed by atoms with Crippen LogP contribution < -0.4 is 10.6 Å². The van der Waals surface area contributed by atoms with Crippen molar-refractivity contribution in [2.45, 2.75) is 6.92 Å². The first-order valence-electron chi connectivity index (χ1n) is 4.32. The number of hydrogen-bond donors (Lipinski definition) is 2. The van der Waals surface area contributed by atoms with Gasteiger partial charge in [-0.2, -0.15) is 0 Å². The number of para-hydroxylation sites is 1. The number of amides is 1. The highest BCUT2D eigenvalue weighted by atomic mass is 16.1. The molecule has 0 aliphatic rings. The summed E-state index contributed by atoms with van der Waals surface area (Å²) in [5.74, 6) is 0.00913. The second-order valence-corrected chi connectivity index (χ2v) is 2.78. The first-order valence-corrected chi connectivity index (χ1v) is 4.32. The topological polar surface area (TPSA) is 41.1 Å². The minimum absolute atomic E-state index is 0.00913. The molecular formula is C10H14N2O.